The normalized spacial score (nSPS) is 26.6. The second-order valence-corrected chi connectivity index (χ2v) is 9.28. The van der Waals surface area contributed by atoms with Crippen LogP contribution in [0.25, 0.3) is 0 Å². The summed E-state index contributed by atoms with van der Waals surface area (Å²) in [7, 11) is -1.42. The first-order chi connectivity index (χ1) is 11.4. The van der Waals surface area contributed by atoms with Gasteiger partial charge in [0.1, 0.15) is 5.75 Å². The fourth-order valence-corrected chi connectivity index (χ4v) is 6.94. The molecule has 0 unspecified atom stereocenters. The van der Waals surface area contributed by atoms with Gasteiger partial charge in [-0.05, 0) is 17.7 Å². The molecule has 1 aromatic rings. The highest BCUT2D eigenvalue weighted by Gasteiger charge is 2.48. The maximum absolute atomic E-state index is 12.0. The summed E-state index contributed by atoms with van der Waals surface area (Å²) in [5, 5.41) is 0.582. The quantitative estimate of drug-likeness (QED) is 0.805. The lowest BCUT2D eigenvalue weighted by Gasteiger charge is -2.24. The zero-order chi connectivity index (χ0) is 17.3. The molecule has 1 aromatic carbocycles. The topological polar surface area (TPSA) is 76.0 Å². The predicted molar refractivity (Wildman–Crippen MR) is 95.1 cm³/mol. The van der Waals surface area contributed by atoms with Gasteiger partial charge in [0, 0.05) is 18.2 Å². The van der Waals surface area contributed by atoms with Crippen LogP contribution in [0.4, 0.5) is 0 Å². The Bertz CT molecular complexity index is 776. The van der Waals surface area contributed by atoms with E-state index in [-0.39, 0.29) is 28.7 Å². The molecule has 24 heavy (non-hydrogen) atoms. The summed E-state index contributed by atoms with van der Waals surface area (Å²) in [6.07, 6.45) is 0.338. The van der Waals surface area contributed by atoms with Gasteiger partial charge in [0.25, 0.3) is 0 Å². The van der Waals surface area contributed by atoms with Gasteiger partial charge in [-0.2, -0.15) is 4.99 Å². The van der Waals surface area contributed by atoms with Crippen molar-refractivity contribution < 1.29 is 17.9 Å². The molecule has 0 bridgehead atoms. The van der Waals surface area contributed by atoms with Gasteiger partial charge in [-0.15, -0.1) is 0 Å². The number of benzene rings is 1. The van der Waals surface area contributed by atoms with Gasteiger partial charge in [-0.1, -0.05) is 30.8 Å². The first-order valence-electron chi connectivity index (χ1n) is 7.80. The Kier molecular flexibility index (Phi) is 4.87. The molecule has 2 aliphatic rings. The number of methoxy groups -OCH3 is 1. The van der Waals surface area contributed by atoms with E-state index >= 15 is 0 Å². The van der Waals surface area contributed by atoms with Crippen molar-refractivity contribution in [2.24, 2.45) is 4.99 Å². The largest absolute Gasteiger partial charge is 0.497 e. The molecule has 0 radical (unpaired) electrons. The molecular formula is C16H20N2O4S2. The summed E-state index contributed by atoms with van der Waals surface area (Å²) in [6, 6.07) is 7.51. The van der Waals surface area contributed by atoms with E-state index in [4.69, 9.17) is 4.74 Å². The minimum atomic E-state index is -3.03. The van der Waals surface area contributed by atoms with Crippen molar-refractivity contribution in [3.63, 3.8) is 0 Å². The molecule has 0 N–H and O–H groups in total. The lowest BCUT2D eigenvalue weighted by atomic mass is 10.1. The van der Waals surface area contributed by atoms with E-state index in [1.165, 1.54) is 11.8 Å². The minimum Gasteiger partial charge on any atom is -0.497 e. The summed E-state index contributed by atoms with van der Waals surface area (Å²) in [5.41, 5.74) is 0.997. The monoisotopic (exact) mass is 368 g/mol. The molecule has 2 atom stereocenters. The van der Waals surface area contributed by atoms with Crippen molar-refractivity contribution in [1.82, 2.24) is 4.90 Å². The van der Waals surface area contributed by atoms with E-state index in [1.54, 1.807) is 14.0 Å². The van der Waals surface area contributed by atoms with Crippen molar-refractivity contribution in [1.29, 1.82) is 0 Å². The number of amides is 1. The Balaban J connectivity index is 1.89. The maximum atomic E-state index is 12.0. The highest BCUT2D eigenvalue weighted by atomic mass is 32.2. The van der Waals surface area contributed by atoms with Gasteiger partial charge in [-0.3, -0.25) is 4.79 Å². The fraction of sp³-hybridized carbons (Fsp3) is 0.500. The number of sulfone groups is 1. The molecule has 2 fully saturated rings. The van der Waals surface area contributed by atoms with E-state index in [9.17, 15) is 13.2 Å². The Morgan fingerprint density at radius 1 is 1.42 bits per heavy atom. The first kappa shape index (κ1) is 17.3. The molecule has 3 rings (SSSR count). The summed E-state index contributed by atoms with van der Waals surface area (Å²) in [4.78, 5) is 17.9. The molecule has 1 amide bonds. The number of hydrogen-bond donors (Lipinski definition) is 0. The Hall–Kier alpha value is -1.54. The average Bonchev–Trinajstić information content (AvgIpc) is 3.00. The third kappa shape index (κ3) is 3.59. The Morgan fingerprint density at radius 2 is 2.21 bits per heavy atom. The van der Waals surface area contributed by atoms with Gasteiger partial charge in [0.15, 0.2) is 15.0 Å². The molecule has 0 aliphatic carbocycles. The van der Waals surface area contributed by atoms with E-state index in [0.29, 0.717) is 18.1 Å². The smallest absolute Gasteiger partial charge is 0.247 e. The zero-order valence-corrected chi connectivity index (χ0v) is 15.3. The summed E-state index contributed by atoms with van der Waals surface area (Å²) in [5.74, 6) is 0.832. The molecule has 0 spiro atoms. The summed E-state index contributed by atoms with van der Waals surface area (Å²) < 4.78 is 29.2. The highest BCUT2D eigenvalue weighted by Crippen LogP contribution is 2.39. The van der Waals surface area contributed by atoms with Crippen LogP contribution in [-0.2, 0) is 21.2 Å². The second-order valence-electron chi connectivity index (χ2n) is 5.92. The maximum Gasteiger partial charge on any atom is 0.247 e. The van der Waals surface area contributed by atoms with Gasteiger partial charge in [0.2, 0.25) is 5.91 Å². The van der Waals surface area contributed by atoms with Crippen LogP contribution in [-0.4, -0.2) is 54.3 Å². The Labute approximate surface area is 146 Å². The highest BCUT2D eigenvalue weighted by molar-refractivity contribution is 8.15. The van der Waals surface area contributed by atoms with Crippen molar-refractivity contribution in [3.05, 3.63) is 29.8 Å². The average molecular weight is 368 g/mol. The number of carbonyl (C=O) groups is 1. The van der Waals surface area contributed by atoms with E-state index in [1.807, 2.05) is 29.2 Å². The zero-order valence-electron chi connectivity index (χ0n) is 13.6. The standard InChI is InChI=1S/C16H20N2O4S2/c1-3-15(19)17-16-18(8-11-5-4-6-12(7-11)22-2)13-9-24(20,21)10-14(13)23-16/h4-7,13-14H,3,8-10H2,1-2H3/t13-,14-/m1/s1. The van der Waals surface area contributed by atoms with E-state index in [0.717, 1.165) is 11.3 Å². The number of fused-ring (bicyclic) bond motifs is 1. The van der Waals surface area contributed by atoms with E-state index in [2.05, 4.69) is 4.99 Å². The van der Waals surface area contributed by atoms with Gasteiger partial charge < -0.3 is 9.64 Å². The van der Waals surface area contributed by atoms with Crippen LogP contribution in [0.3, 0.4) is 0 Å². The molecule has 130 valence electrons. The fourth-order valence-electron chi connectivity index (χ4n) is 2.97. The van der Waals surface area contributed by atoms with Gasteiger partial charge in [-0.25, -0.2) is 8.42 Å². The first-order valence-corrected chi connectivity index (χ1v) is 10.5. The minimum absolute atomic E-state index is 0.0518. The number of carbonyl (C=O) groups excluding carboxylic acids is 1. The predicted octanol–water partition coefficient (Wildman–Crippen LogP) is 1.70. The number of thioether (sulfide) groups is 1. The van der Waals surface area contributed by atoms with Crippen molar-refractivity contribution in [2.45, 2.75) is 31.2 Å². The Morgan fingerprint density at radius 3 is 2.92 bits per heavy atom. The molecule has 0 saturated carbocycles. The SMILES string of the molecule is CCC(=O)N=C1S[C@@H]2CS(=O)(=O)C[C@H]2N1Cc1cccc(OC)c1. The number of amidine groups is 1. The molecular weight excluding hydrogens is 348 g/mol. The number of hydrogen-bond acceptors (Lipinski definition) is 5. The van der Waals surface area contributed by atoms with Crippen LogP contribution in [0.5, 0.6) is 5.75 Å². The summed E-state index contributed by atoms with van der Waals surface area (Å²) in [6.45, 7) is 2.28. The molecule has 2 aliphatic heterocycles. The van der Waals surface area contributed by atoms with Crippen molar-refractivity contribution >= 4 is 32.7 Å². The second kappa shape index (κ2) is 6.76. The molecule has 2 heterocycles. The molecule has 8 heteroatoms. The van der Waals surface area contributed by atoms with Crippen LogP contribution >= 0.6 is 11.8 Å². The third-order valence-corrected chi connectivity index (χ3v) is 7.43. The van der Waals surface area contributed by atoms with E-state index < -0.39 is 9.84 Å². The molecule has 2 saturated heterocycles. The molecule has 6 nitrogen and oxygen atoms in total. The van der Waals surface area contributed by atoms with Gasteiger partial charge in [0.05, 0.1) is 24.7 Å². The lowest BCUT2D eigenvalue weighted by Crippen LogP contribution is -2.37. The van der Waals surface area contributed by atoms with Crippen molar-refractivity contribution in [3.8, 4) is 5.75 Å². The van der Waals surface area contributed by atoms with Crippen LogP contribution in [0.1, 0.15) is 18.9 Å². The lowest BCUT2D eigenvalue weighted by molar-refractivity contribution is -0.117. The molecule has 0 aromatic heterocycles. The van der Waals surface area contributed by atoms with Crippen LogP contribution in [0.2, 0.25) is 0 Å². The van der Waals surface area contributed by atoms with Crippen LogP contribution in [0.15, 0.2) is 29.3 Å². The number of rotatable bonds is 4. The summed E-state index contributed by atoms with van der Waals surface area (Å²) >= 11 is 1.41. The third-order valence-electron chi connectivity index (χ3n) is 4.18. The number of nitrogens with zero attached hydrogens (tertiary/aromatic N) is 2. The van der Waals surface area contributed by atoms with Crippen LogP contribution < -0.4 is 4.74 Å². The van der Waals surface area contributed by atoms with Crippen LogP contribution in [0, 0.1) is 0 Å². The van der Waals surface area contributed by atoms with Gasteiger partial charge >= 0.3 is 0 Å². The number of aliphatic imine (C=N–C) groups is 1. The van der Waals surface area contributed by atoms with Crippen molar-refractivity contribution in [2.75, 3.05) is 18.6 Å². The number of ether oxygens (including phenoxy) is 1.